The van der Waals surface area contributed by atoms with Crippen molar-refractivity contribution in [3.8, 4) is 0 Å². The average Bonchev–Trinajstić information content (AvgIpc) is 2.26. The van der Waals surface area contributed by atoms with Crippen molar-refractivity contribution in [1.29, 1.82) is 0 Å². The van der Waals surface area contributed by atoms with Gasteiger partial charge in [0.05, 0.1) is 13.0 Å². The number of Topliss-reactive ketones (excluding diaryl/α,β-unsaturated/α-hetero) is 1. The molecule has 0 bridgehead atoms. The van der Waals surface area contributed by atoms with Crippen LogP contribution in [-0.2, 0) is 14.3 Å². The van der Waals surface area contributed by atoms with E-state index >= 15 is 0 Å². The van der Waals surface area contributed by atoms with E-state index in [4.69, 9.17) is 0 Å². The van der Waals surface area contributed by atoms with Crippen molar-refractivity contribution in [2.24, 2.45) is 0 Å². The molecule has 10 heteroatoms. The fraction of sp³-hybridized carbons (Fsp3) is 0.600. The molecular formula is C10H9F7O3. The molecule has 0 aromatic rings. The van der Waals surface area contributed by atoms with Crippen LogP contribution in [0.3, 0.4) is 0 Å². The minimum absolute atomic E-state index is 0.691. The van der Waals surface area contributed by atoms with E-state index in [9.17, 15) is 40.3 Å². The molecular weight excluding hydrogens is 301 g/mol. The summed E-state index contributed by atoms with van der Waals surface area (Å²) in [5, 5.41) is 0. The quantitative estimate of drug-likeness (QED) is 0.412. The number of carbonyl (C=O) groups excluding carboxylic acids is 2. The van der Waals surface area contributed by atoms with Gasteiger partial charge >= 0.3 is 24.0 Å². The fourth-order valence-electron chi connectivity index (χ4n) is 0.979. The van der Waals surface area contributed by atoms with E-state index in [1.54, 1.807) is 0 Å². The molecule has 0 rings (SSSR count). The number of esters is 1. The van der Waals surface area contributed by atoms with Crippen molar-refractivity contribution in [1.82, 2.24) is 0 Å². The van der Waals surface area contributed by atoms with Crippen LogP contribution in [-0.4, -0.2) is 36.4 Å². The molecule has 0 radical (unpaired) electrons. The Hall–Kier alpha value is -1.61. The maximum atomic E-state index is 12.8. The summed E-state index contributed by atoms with van der Waals surface area (Å²) < 4.78 is 89.9. The molecule has 0 saturated heterocycles. The Morgan fingerprint density at radius 1 is 1.05 bits per heavy atom. The summed E-state index contributed by atoms with van der Waals surface area (Å²) >= 11 is 0. The van der Waals surface area contributed by atoms with Crippen LogP contribution >= 0.6 is 0 Å². The number of halogens is 7. The van der Waals surface area contributed by atoms with Gasteiger partial charge in [-0.2, -0.15) is 30.7 Å². The fourth-order valence-corrected chi connectivity index (χ4v) is 0.979. The predicted octanol–water partition coefficient (Wildman–Crippen LogP) is 2.90. The minimum Gasteiger partial charge on any atom is -0.462 e. The van der Waals surface area contributed by atoms with Gasteiger partial charge in [0.25, 0.3) is 0 Å². The molecule has 0 aromatic heterocycles. The second-order valence-electron chi connectivity index (χ2n) is 3.61. The molecule has 0 saturated carbocycles. The van der Waals surface area contributed by atoms with Gasteiger partial charge in [-0.05, 0) is 0 Å². The summed E-state index contributed by atoms with van der Waals surface area (Å²) in [5.41, 5.74) is 0. The highest BCUT2D eigenvalue weighted by Crippen LogP contribution is 2.48. The van der Waals surface area contributed by atoms with Crippen molar-refractivity contribution in [3.63, 3.8) is 0 Å². The molecule has 0 heterocycles. The zero-order valence-electron chi connectivity index (χ0n) is 9.78. The highest BCUT2D eigenvalue weighted by atomic mass is 19.4. The van der Waals surface area contributed by atoms with E-state index in [-0.39, 0.29) is 0 Å². The molecule has 0 N–H and O–H groups in total. The van der Waals surface area contributed by atoms with Crippen molar-refractivity contribution in [3.05, 3.63) is 12.7 Å². The standard InChI is InChI=1S/C10H9F7O3/c1-2-7(19)20-4-3-6(18)5-8(11,12)9(13,14)10(15,16)17/h2H,1,3-5H2. The molecule has 0 aliphatic carbocycles. The van der Waals surface area contributed by atoms with E-state index in [0.29, 0.717) is 6.08 Å². The van der Waals surface area contributed by atoms with Crippen LogP contribution in [0.5, 0.6) is 0 Å². The van der Waals surface area contributed by atoms with Crippen molar-refractivity contribution < 1.29 is 45.1 Å². The lowest BCUT2D eigenvalue weighted by atomic mass is 10.0. The molecule has 0 aromatic carbocycles. The Morgan fingerprint density at radius 2 is 1.55 bits per heavy atom. The van der Waals surface area contributed by atoms with Crippen LogP contribution in [0.25, 0.3) is 0 Å². The Labute approximate surface area is 108 Å². The first-order valence-corrected chi connectivity index (χ1v) is 4.98. The smallest absolute Gasteiger partial charge is 0.459 e. The number of rotatable bonds is 7. The second-order valence-corrected chi connectivity index (χ2v) is 3.61. The normalized spacial score (nSPS) is 12.9. The molecule has 0 fully saturated rings. The monoisotopic (exact) mass is 310 g/mol. The van der Waals surface area contributed by atoms with Crippen molar-refractivity contribution in [2.75, 3.05) is 6.61 Å². The molecule has 0 amide bonds. The zero-order valence-corrected chi connectivity index (χ0v) is 9.78. The highest BCUT2D eigenvalue weighted by Gasteiger charge is 2.72. The van der Waals surface area contributed by atoms with Gasteiger partial charge in [0, 0.05) is 12.5 Å². The van der Waals surface area contributed by atoms with Gasteiger partial charge in [0.2, 0.25) is 0 Å². The summed E-state index contributed by atoms with van der Waals surface area (Å²) in [4.78, 5) is 21.4. The van der Waals surface area contributed by atoms with Gasteiger partial charge in [-0.15, -0.1) is 0 Å². The predicted molar refractivity (Wildman–Crippen MR) is 51.3 cm³/mol. The maximum absolute atomic E-state index is 12.8. The van der Waals surface area contributed by atoms with E-state index in [2.05, 4.69) is 11.3 Å². The summed E-state index contributed by atoms with van der Waals surface area (Å²) in [5.74, 6) is -14.5. The summed E-state index contributed by atoms with van der Waals surface area (Å²) in [6, 6.07) is 0. The van der Waals surface area contributed by atoms with Crippen LogP contribution < -0.4 is 0 Å². The Balaban J connectivity index is 4.58. The Morgan fingerprint density at radius 3 is 1.95 bits per heavy atom. The molecule has 116 valence electrons. The van der Waals surface area contributed by atoms with E-state index in [1.807, 2.05) is 0 Å². The Kier molecular flexibility index (Phi) is 5.73. The Bertz CT molecular complexity index is 387. The first-order valence-electron chi connectivity index (χ1n) is 4.98. The lowest BCUT2D eigenvalue weighted by Gasteiger charge is -2.27. The number of carbonyl (C=O) groups is 2. The van der Waals surface area contributed by atoms with Gasteiger partial charge in [-0.25, -0.2) is 4.79 Å². The van der Waals surface area contributed by atoms with Gasteiger partial charge < -0.3 is 4.74 Å². The number of ketones is 1. The summed E-state index contributed by atoms with van der Waals surface area (Å²) in [6.07, 6.45) is -9.02. The topological polar surface area (TPSA) is 43.4 Å². The zero-order chi connectivity index (χ0) is 16.2. The van der Waals surface area contributed by atoms with Crippen molar-refractivity contribution >= 4 is 11.8 Å². The lowest BCUT2D eigenvalue weighted by molar-refractivity contribution is -0.353. The second kappa shape index (κ2) is 6.23. The van der Waals surface area contributed by atoms with Gasteiger partial charge in [0.1, 0.15) is 5.78 Å². The number of hydrogen-bond acceptors (Lipinski definition) is 3. The van der Waals surface area contributed by atoms with Crippen LogP contribution in [0.2, 0.25) is 0 Å². The third-order valence-electron chi connectivity index (χ3n) is 2.03. The van der Waals surface area contributed by atoms with Gasteiger partial charge in [0.15, 0.2) is 0 Å². The number of hydrogen-bond donors (Lipinski definition) is 0. The van der Waals surface area contributed by atoms with Crippen molar-refractivity contribution in [2.45, 2.75) is 30.9 Å². The van der Waals surface area contributed by atoms with Crippen LogP contribution in [0.1, 0.15) is 12.8 Å². The summed E-state index contributed by atoms with van der Waals surface area (Å²) in [6.45, 7) is 2.25. The molecule has 0 aliphatic rings. The number of alkyl halides is 7. The van der Waals surface area contributed by atoms with Crippen LogP contribution in [0.4, 0.5) is 30.7 Å². The van der Waals surface area contributed by atoms with Crippen LogP contribution in [0.15, 0.2) is 12.7 Å². The summed E-state index contributed by atoms with van der Waals surface area (Å²) in [7, 11) is 0. The SMILES string of the molecule is C=CC(=O)OCCC(=O)CC(F)(F)C(F)(F)C(F)(F)F. The van der Waals surface area contributed by atoms with Crippen LogP contribution in [0, 0.1) is 0 Å². The molecule has 3 nitrogen and oxygen atoms in total. The van der Waals surface area contributed by atoms with E-state index < -0.39 is 49.2 Å². The largest absolute Gasteiger partial charge is 0.462 e. The lowest BCUT2D eigenvalue weighted by Crippen LogP contribution is -2.52. The molecule has 0 spiro atoms. The maximum Gasteiger partial charge on any atom is 0.459 e. The molecule has 20 heavy (non-hydrogen) atoms. The molecule has 0 atom stereocenters. The van der Waals surface area contributed by atoms with E-state index in [1.165, 1.54) is 0 Å². The average molecular weight is 310 g/mol. The first kappa shape index (κ1) is 18.4. The first-order chi connectivity index (χ1) is 8.85. The third-order valence-corrected chi connectivity index (χ3v) is 2.03. The third kappa shape index (κ3) is 4.49. The van der Waals surface area contributed by atoms with Gasteiger partial charge in [-0.3, -0.25) is 4.79 Å². The minimum atomic E-state index is -6.48. The van der Waals surface area contributed by atoms with E-state index in [0.717, 1.165) is 0 Å². The number of ether oxygens (including phenoxy) is 1. The van der Waals surface area contributed by atoms with Gasteiger partial charge in [-0.1, -0.05) is 6.58 Å². The molecule has 0 aliphatic heterocycles. The highest BCUT2D eigenvalue weighted by molar-refractivity contribution is 5.82. The molecule has 0 unspecified atom stereocenters.